The van der Waals surface area contributed by atoms with Crippen molar-refractivity contribution in [2.24, 2.45) is 5.73 Å². The van der Waals surface area contributed by atoms with Gasteiger partial charge in [0.15, 0.2) is 0 Å². The molecule has 1 aromatic rings. The summed E-state index contributed by atoms with van der Waals surface area (Å²) in [6, 6.07) is 8.85. The van der Waals surface area contributed by atoms with Crippen molar-refractivity contribution in [1.82, 2.24) is 0 Å². The molecule has 0 spiro atoms. The number of anilines is 1. The molecule has 3 nitrogen and oxygen atoms in total. The lowest BCUT2D eigenvalue weighted by Gasteiger charge is -2.41. The molecule has 3 unspecified atom stereocenters. The number of aliphatic hydroxyl groups excluding tert-OH is 1. The Morgan fingerprint density at radius 2 is 1.84 bits per heavy atom. The van der Waals surface area contributed by atoms with Crippen LogP contribution in [0.1, 0.15) is 50.1 Å². The van der Waals surface area contributed by atoms with Crippen LogP contribution >= 0.6 is 0 Å². The fraction of sp³-hybridized carbons (Fsp3) is 0.625. The second-order valence-electron chi connectivity index (χ2n) is 5.92. The number of benzene rings is 1. The highest BCUT2D eigenvalue weighted by molar-refractivity contribution is 5.57. The lowest BCUT2D eigenvalue weighted by atomic mass is 9.93. The van der Waals surface area contributed by atoms with Crippen LogP contribution in [0.25, 0.3) is 0 Å². The summed E-state index contributed by atoms with van der Waals surface area (Å²) in [7, 11) is 0. The van der Waals surface area contributed by atoms with Gasteiger partial charge in [0.1, 0.15) is 0 Å². The lowest BCUT2D eigenvalue weighted by molar-refractivity contribution is 0.131. The van der Waals surface area contributed by atoms with Crippen LogP contribution in [0.2, 0.25) is 0 Å². The normalized spacial score (nSPS) is 31.7. The van der Waals surface area contributed by atoms with Gasteiger partial charge in [0.2, 0.25) is 0 Å². The quantitative estimate of drug-likeness (QED) is 0.763. The van der Waals surface area contributed by atoms with Gasteiger partial charge in [-0.05, 0) is 30.9 Å². The van der Waals surface area contributed by atoms with Gasteiger partial charge in [-0.2, -0.15) is 0 Å². The third-order valence-electron chi connectivity index (χ3n) is 4.67. The van der Waals surface area contributed by atoms with Crippen molar-refractivity contribution in [2.45, 2.75) is 56.7 Å². The molecule has 3 rings (SSSR count). The van der Waals surface area contributed by atoms with Gasteiger partial charge in [-0.15, -0.1) is 0 Å². The number of nitrogens with two attached hydrogens (primary N) is 1. The van der Waals surface area contributed by atoms with E-state index >= 15 is 0 Å². The molecule has 0 aromatic heterocycles. The van der Waals surface area contributed by atoms with Crippen LogP contribution in [-0.4, -0.2) is 23.8 Å². The Balaban J connectivity index is 1.90. The minimum absolute atomic E-state index is 0.148. The van der Waals surface area contributed by atoms with E-state index in [4.69, 9.17) is 5.73 Å². The predicted octanol–water partition coefficient (Wildman–Crippen LogP) is 2.59. The van der Waals surface area contributed by atoms with Gasteiger partial charge in [-0.3, -0.25) is 0 Å². The van der Waals surface area contributed by atoms with Crippen molar-refractivity contribution >= 4 is 5.69 Å². The summed E-state index contributed by atoms with van der Waals surface area (Å²) in [4.78, 5) is 2.41. The Morgan fingerprint density at radius 1 is 1.05 bits per heavy atom. The van der Waals surface area contributed by atoms with Gasteiger partial charge < -0.3 is 15.7 Å². The smallest absolute Gasteiger partial charge is 0.0743 e. The van der Waals surface area contributed by atoms with Crippen molar-refractivity contribution in [3.8, 4) is 0 Å². The van der Waals surface area contributed by atoms with E-state index in [9.17, 15) is 5.11 Å². The molecule has 1 fully saturated rings. The number of para-hydroxylation sites is 1. The molecule has 0 radical (unpaired) electrons. The molecule has 1 heterocycles. The van der Waals surface area contributed by atoms with E-state index in [1.165, 1.54) is 24.1 Å². The SMILES string of the molecule is NC1CCN(C2CCCCCC2O)c2ccccc21. The molecular formula is C16H24N2O. The van der Waals surface area contributed by atoms with Crippen molar-refractivity contribution in [3.05, 3.63) is 29.8 Å². The van der Waals surface area contributed by atoms with E-state index in [2.05, 4.69) is 29.2 Å². The van der Waals surface area contributed by atoms with E-state index in [1.54, 1.807) is 0 Å². The van der Waals surface area contributed by atoms with E-state index in [-0.39, 0.29) is 18.2 Å². The average Bonchev–Trinajstić information content (AvgIpc) is 2.65. The van der Waals surface area contributed by atoms with Gasteiger partial charge >= 0.3 is 0 Å². The summed E-state index contributed by atoms with van der Waals surface area (Å²) in [5.41, 5.74) is 8.70. The molecule has 1 aliphatic heterocycles. The fourth-order valence-corrected chi connectivity index (χ4v) is 3.59. The molecule has 1 aliphatic carbocycles. The minimum atomic E-state index is -0.190. The van der Waals surface area contributed by atoms with E-state index in [1.807, 2.05) is 0 Å². The predicted molar refractivity (Wildman–Crippen MR) is 78.2 cm³/mol. The number of fused-ring (bicyclic) bond motifs is 1. The molecule has 0 amide bonds. The minimum Gasteiger partial charge on any atom is -0.391 e. The van der Waals surface area contributed by atoms with Gasteiger partial charge in [-0.25, -0.2) is 0 Å². The standard InChI is InChI=1S/C16H24N2O/c17-13-10-11-18(14-7-5-4-6-12(13)14)15-8-2-1-3-9-16(15)19/h4-7,13,15-16,19H,1-3,8-11,17H2. The Morgan fingerprint density at radius 3 is 2.74 bits per heavy atom. The van der Waals surface area contributed by atoms with Crippen LogP contribution in [0.5, 0.6) is 0 Å². The third kappa shape index (κ3) is 2.49. The van der Waals surface area contributed by atoms with Crippen LogP contribution in [0.3, 0.4) is 0 Å². The topological polar surface area (TPSA) is 49.5 Å². The van der Waals surface area contributed by atoms with Crippen molar-refractivity contribution in [2.75, 3.05) is 11.4 Å². The molecule has 3 heteroatoms. The van der Waals surface area contributed by atoms with Gasteiger partial charge in [0, 0.05) is 18.3 Å². The second kappa shape index (κ2) is 5.51. The Kier molecular flexibility index (Phi) is 3.76. The molecule has 0 saturated heterocycles. The maximum atomic E-state index is 10.4. The second-order valence-corrected chi connectivity index (χ2v) is 5.92. The molecule has 19 heavy (non-hydrogen) atoms. The molecule has 1 aromatic carbocycles. The average molecular weight is 260 g/mol. The van der Waals surface area contributed by atoms with Crippen LogP contribution in [0.4, 0.5) is 5.69 Å². The summed E-state index contributed by atoms with van der Waals surface area (Å²) < 4.78 is 0. The molecular weight excluding hydrogens is 236 g/mol. The maximum Gasteiger partial charge on any atom is 0.0743 e. The summed E-state index contributed by atoms with van der Waals surface area (Å²) in [6.07, 6.45) is 6.48. The van der Waals surface area contributed by atoms with Gasteiger partial charge in [0.25, 0.3) is 0 Å². The largest absolute Gasteiger partial charge is 0.391 e. The number of aliphatic hydroxyl groups is 1. The molecule has 1 saturated carbocycles. The number of nitrogens with zero attached hydrogens (tertiary/aromatic N) is 1. The number of hydrogen-bond donors (Lipinski definition) is 2. The van der Waals surface area contributed by atoms with Gasteiger partial charge in [-0.1, -0.05) is 37.5 Å². The zero-order valence-corrected chi connectivity index (χ0v) is 11.5. The summed E-state index contributed by atoms with van der Waals surface area (Å²) in [5.74, 6) is 0. The van der Waals surface area contributed by atoms with Crippen LogP contribution in [0.15, 0.2) is 24.3 Å². The first kappa shape index (κ1) is 12.9. The third-order valence-corrected chi connectivity index (χ3v) is 4.67. The van der Waals surface area contributed by atoms with Crippen molar-refractivity contribution in [3.63, 3.8) is 0 Å². The summed E-state index contributed by atoms with van der Waals surface area (Å²) in [5, 5.41) is 10.4. The monoisotopic (exact) mass is 260 g/mol. The number of hydrogen-bond acceptors (Lipinski definition) is 3. The Bertz CT molecular complexity index is 435. The van der Waals surface area contributed by atoms with E-state index in [0.717, 1.165) is 32.2 Å². The highest BCUT2D eigenvalue weighted by Crippen LogP contribution is 2.36. The molecule has 104 valence electrons. The van der Waals surface area contributed by atoms with Crippen LogP contribution in [-0.2, 0) is 0 Å². The van der Waals surface area contributed by atoms with Gasteiger partial charge in [0.05, 0.1) is 12.1 Å². The lowest BCUT2D eigenvalue weighted by Crippen LogP contribution is -2.47. The van der Waals surface area contributed by atoms with Crippen molar-refractivity contribution in [1.29, 1.82) is 0 Å². The van der Waals surface area contributed by atoms with E-state index in [0.29, 0.717) is 0 Å². The number of rotatable bonds is 1. The molecule has 0 bridgehead atoms. The van der Waals surface area contributed by atoms with Crippen molar-refractivity contribution < 1.29 is 5.11 Å². The first-order chi connectivity index (χ1) is 9.27. The van der Waals surface area contributed by atoms with Crippen LogP contribution < -0.4 is 10.6 Å². The van der Waals surface area contributed by atoms with Crippen LogP contribution in [0, 0.1) is 0 Å². The highest BCUT2D eigenvalue weighted by Gasteiger charge is 2.32. The Labute approximate surface area is 115 Å². The summed E-state index contributed by atoms with van der Waals surface area (Å²) in [6.45, 7) is 0.972. The first-order valence-corrected chi connectivity index (χ1v) is 7.56. The first-order valence-electron chi connectivity index (χ1n) is 7.56. The fourth-order valence-electron chi connectivity index (χ4n) is 3.59. The molecule has 3 atom stereocenters. The molecule has 2 aliphatic rings. The molecule has 3 N–H and O–H groups in total. The summed E-state index contributed by atoms with van der Waals surface area (Å²) >= 11 is 0. The zero-order chi connectivity index (χ0) is 13.2. The maximum absolute atomic E-state index is 10.4. The zero-order valence-electron chi connectivity index (χ0n) is 11.5. The highest BCUT2D eigenvalue weighted by atomic mass is 16.3. The Hall–Kier alpha value is -1.06. The van der Waals surface area contributed by atoms with E-state index < -0.39 is 0 Å².